The molecule has 2 amide bonds. The van der Waals surface area contributed by atoms with Crippen LogP contribution >= 0.6 is 0 Å². The van der Waals surface area contributed by atoms with Gasteiger partial charge in [0.2, 0.25) is 11.8 Å². The average Bonchev–Trinajstić information content (AvgIpc) is 3.20. The van der Waals surface area contributed by atoms with E-state index in [1.807, 2.05) is 0 Å². The van der Waals surface area contributed by atoms with Crippen LogP contribution in [-0.4, -0.2) is 252 Å². The molecule has 27 heteroatoms. The number of amides is 2. The Morgan fingerprint density at radius 2 is 1.07 bits per heavy atom. The van der Waals surface area contributed by atoms with Gasteiger partial charge in [0.25, 0.3) is 0 Å². The molecule has 0 aromatic rings. The number of rotatable bonds is 10. The molecule has 9 aliphatic rings. The van der Waals surface area contributed by atoms with Gasteiger partial charge in [-0.2, -0.15) is 0 Å². The fourth-order valence-corrected chi connectivity index (χ4v) is 8.04. The number of nitrogens with one attached hydrogen (secondary N) is 2. The number of aliphatic carboxylic acids is 1. The molecule has 6 bridgehead atoms. The van der Waals surface area contributed by atoms with Gasteiger partial charge in [-0.1, -0.05) is 0 Å². The van der Waals surface area contributed by atoms with Crippen LogP contribution in [0.5, 0.6) is 0 Å². The first-order valence-electron chi connectivity index (χ1n) is 19.4. The first-order chi connectivity index (χ1) is 28.8. The lowest BCUT2D eigenvalue weighted by Crippen LogP contribution is -2.73. The summed E-state index contributed by atoms with van der Waals surface area (Å²) >= 11 is 0. The molecule has 9 heterocycles. The van der Waals surface area contributed by atoms with Gasteiger partial charge in [-0.15, -0.1) is 0 Å². The van der Waals surface area contributed by atoms with E-state index >= 15 is 0 Å². The lowest BCUT2D eigenvalue weighted by molar-refractivity contribution is -0.398. The number of carboxylic acids is 1. The van der Waals surface area contributed by atoms with Gasteiger partial charge in [-0.05, 0) is 6.92 Å². The second-order valence-corrected chi connectivity index (χ2v) is 15.6. The minimum atomic E-state index is -2.23. The van der Waals surface area contributed by atoms with Crippen molar-refractivity contribution in [2.24, 2.45) is 0 Å². The zero-order valence-electron chi connectivity index (χ0n) is 32.7. The SMILES string of the molecule is CC(=O)N[C@@H]1[C@@H]2O[C@@H]3[C@H](O)[C@@H](O)[C@@H](O[C@H]4[C@H](O)[C@@H](CO)O[C@@H](O[C@@H]([C@@H]1O[C@@H]1O[C@@H](C)[C@H](O)[C@@H](O)[C@H]1O)[C@@H](CO[C@H]1O[C@H](CO)[C@@H](O)[C@H](O)[C@H]1O)O2)[C@@H]4NC(C)=O)O[C@@H]3C(=O)O. The second-order valence-electron chi connectivity index (χ2n) is 15.6. The van der Waals surface area contributed by atoms with Crippen LogP contribution in [0, 0.1) is 0 Å². The van der Waals surface area contributed by atoms with E-state index in [9.17, 15) is 75.7 Å². The lowest BCUT2D eigenvalue weighted by atomic mass is 9.92. The summed E-state index contributed by atoms with van der Waals surface area (Å²) in [6.45, 7) is 0.735. The van der Waals surface area contributed by atoms with Crippen molar-refractivity contribution < 1.29 is 123 Å². The third-order valence-electron chi connectivity index (χ3n) is 11.3. The molecule has 27 nitrogen and oxygen atoms in total. The van der Waals surface area contributed by atoms with Gasteiger partial charge in [-0.25, -0.2) is 4.79 Å². The number of carbonyl (C=O) groups excluding carboxylic acids is 2. The van der Waals surface area contributed by atoms with Crippen LogP contribution in [0.2, 0.25) is 0 Å². The lowest BCUT2D eigenvalue weighted by Gasteiger charge is -2.53. The van der Waals surface area contributed by atoms with E-state index < -0.39 is 191 Å². The molecule has 0 aromatic carbocycles. The Kier molecular flexibility index (Phi) is 15.6. The highest BCUT2D eigenvalue weighted by Crippen LogP contribution is 2.38. The number of carbonyl (C=O) groups is 3. The maximum Gasteiger partial charge on any atom is 0.335 e. The Hall–Kier alpha value is -2.43. The second kappa shape index (κ2) is 19.8. The van der Waals surface area contributed by atoms with Crippen LogP contribution in [0.4, 0.5) is 0 Å². The van der Waals surface area contributed by atoms with Gasteiger partial charge in [0.1, 0.15) is 110 Å². The largest absolute Gasteiger partial charge is 0.479 e. The van der Waals surface area contributed by atoms with E-state index in [1.165, 1.54) is 6.92 Å². The van der Waals surface area contributed by atoms with E-state index in [0.717, 1.165) is 13.8 Å². The van der Waals surface area contributed by atoms with E-state index in [1.54, 1.807) is 0 Å². The number of ether oxygens (including phenoxy) is 10. The molecular formula is C34H54N2O25. The third-order valence-corrected chi connectivity index (χ3v) is 11.3. The zero-order chi connectivity index (χ0) is 44.8. The predicted octanol–water partition coefficient (Wildman–Crippen LogP) is -9.47. The number of aliphatic hydroxyl groups excluding tert-OH is 11. The molecule has 0 aromatic heterocycles. The maximum atomic E-state index is 12.9. The van der Waals surface area contributed by atoms with Gasteiger partial charge in [0.05, 0.1) is 25.9 Å². The zero-order valence-corrected chi connectivity index (χ0v) is 32.7. The van der Waals surface area contributed by atoms with Crippen LogP contribution in [-0.2, 0) is 61.8 Å². The van der Waals surface area contributed by atoms with Crippen molar-refractivity contribution in [3.05, 3.63) is 0 Å². The summed E-state index contributed by atoms with van der Waals surface area (Å²) in [5, 5.41) is 133. The summed E-state index contributed by atoms with van der Waals surface area (Å²) < 4.78 is 59.4. The van der Waals surface area contributed by atoms with Crippen molar-refractivity contribution >= 4 is 17.8 Å². The Bertz CT molecular complexity index is 1520. The summed E-state index contributed by atoms with van der Waals surface area (Å²) in [4.78, 5) is 38.4. The van der Waals surface area contributed by atoms with Gasteiger partial charge in [0.15, 0.2) is 37.6 Å². The summed E-state index contributed by atoms with van der Waals surface area (Å²) in [6, 6.07) is -3.45. The summed E-state index contributed by atoms with van der Waals surface area (Å²) in [5.74, 6) is -3.43. The molecule has 9 fully saturated rings. The molecule has 0 radical (unpaired) electrons. The Labute approximate surface area is 345 Å². The van der Waals surface area contributed by atoms with Crippen molar-refractivity contribution in [1.82, 2.24) is 10.6 Å². The van der Waals surface area contributed by atoms with Gasteiger partial charge < -0.3 is 119 Å². The fourth-order valence-electron chi connectivity index (χ4n) is 8.04. The third kappa shape index (κ3) is 9.82. The van der Waals surface area contributed by atoms with E-state index in [-0.39, 0.29) is 0 Å². The van der Waals surface area contributed by atoms with Gasteiger partial charge in [0, 0.05) is 13.8 Å². The summed E-state index contributed by atoms with van der Waals surface area (Å²) in [6.07, 6.45) is -43.2. The highest BCUT2D eigenvalue weighted by molar-refractivity contribution is 5.74. The molecule has 9 saturated heterocycles. The Morgan fingerprint density at radius 3 is 1.69 bits per heavy atom. The van der Waals surface area contributed by atoms with Crippen molar-refractivity contribution in [2.75, 3.05) is 19.8 Å². The van der Waals surface area contributed by atoms with Crippen molar-refractivity contribution in [3.63, 3.8) is 0 Å². The fraction of sp³-hybridized carbons (Fsp3) is 0.912. The first kappa shape index (κ1) is 48.0. The molecule has 9 rings (SSSR count). The standard InChI is InChI=1S/C34H54N2O25/c1-7-15(41)18(44)22(48)33(53-7)59-26-14(36-9(3)40)31-56-12(6-52-32-21(47)19(45)16(42)10(4-37)55-32)24(26)57-30-13(35-8(2)39)25(17(43)11(5-38)54-30)58-34-23(49)20(46)27(60-31)28(61-34)29(50)51/h7,10-28,30-34,37-38,41-49H,4-6H2,1-3H3,(H,35,39)(H,36,40)(H,50,51)/t7-,10+,11+,12+,13+,14-,15-,16+,17+,18+,19-,20+,21+,22+,23+,24+,25+,26+,27+,28-,30-,31-,32-,33-,34-/m0/s1. The smallest absolute Gasteiger partial charge is 0.335 e. The van der Waals surface area contributed by atoms with Crippen LogP contribution in [0.3, 0.4) is 0 Å². The molecule has 0 spiro atoms. The van der Waals surface area contributed by atoms with Crippen LogP contribution < -0.4 is 10.6 Å². The van der Waals surface area contributed by atoms with Crippen molar-refractivity contribution in [1.29, 1.82) is 0 Å². The highest BCUT2D eigenvalue weighted by atomic mass is 16.8. The number of aliphatic hydroxyl groups is 11. The summed E-state index contributed by atoms with van der Waals surface area (Å²) in [7, 11) is 0. The Morgan fingerprint density at radius 1 is 0.525 bits per heavy atom. The van der Waals surface area contributed by atoms with Crippen molar-refractivity contribution in [3.8, 4) is 0 Å². The molecule has 61 heavy (non-hydrogen) atoms. The van der Waals surface area contributed by atoms with Gasteiger partial charge >= 0.3 is 5.97 Å². The number of carboxylic acid groups (broad SMARTS) is 1. The van der Waals surface area contributed by atoms with Crippen LogP contribution in [0.25, 0.3) is 0 Å². The van der Waals surface area contributed by atoms with E-state index in [2.05, 4.69) is 10.6 Å². The topological polar surface area (TPSA) is 410 Å². The minimum absolute atomic E-state index is 0.805. The predicted molar refractivity (Wildman–Crippen MR) is 186 cm³/mol. The molecule has 0 unspecified atom stereocenters. The molecule has 0 saturated carbocycles. The van der Waals surface area contributed by atoms with Crippen LogP contribution in [0.1, 0.15) is 20.8 Å². The van der Waals surface area contributed by atoms with Crippen molar-refractivity contribution in [2.45, 2.75) is 174 Å². The summed E-state index contributed by atoms with van der Waals surface area (Å²) in [5.41, 5.74) is 0. The van der Waals surface area contributed by atoms with Crippen LogP contribution in [0.15, 0.2) is 0 Å². The molecule has 25 atom stereocenters. The maximum absolute atomic E-state index is 12.9. The monoisotopic (exact) mass is 890 g/mol. The quantitative estimate of drug-likeness (QED) is 0.0968. The molecule has 9 aliphatic heterocycles. The average molecular weight is 891 g/mol. The molecule has 350 valence electrons. The Balaban J connectivity index is 1.52. The van der Waals surface area contributed by atoms with Gasteiger partial charge in [-0.3, -0.25) is 9.59 Å². The van der Waals surface area contributed by atoms with E-state index in [4.69, 9.17) is 47.4 Å². The molecule has 0 aliphatic carbocycles. The number of hydrogen-bond donors (Lipinski definition) is 14. The molecular weight excluding hydrogens is 836 g/mol. The minimum Gasteiger partial charge on any atom is -0.479 e. The first-order valence-corrected chi connectivity index (χ1v) is 19.4. The normalized spacial score (nSPS) is 50.4. The molecule has 14 N–H and O–H groups in total. The highest BCUT2D eigenvalue weighted by Gasteiger charge is 2.60. The number of hydrogen-bond acceptors (Lipinski definition) is 24. The van der Waals surface area contributed by atoms with E-state index in [0.29, 0.717) is 0 Å².